The first-order chi connectivity index (χ1) is 16.8. The lowest BCUT2D eigenvalue weighted by Gasteiger charge is -2.15. The number of rotatable bonds is 9. The monoisotopic (exact) mass is 483 g/mol. The molecule has 3 heterocycles. The highest BCUT2D eigenvalue weighted by atomic mass is 19.3. The van der Waals surface area contributed by atoms with Gasteiger partial charge in [0.15, 0.2) is 11.9 Å². The minimum absolute atomic E-state index is 0.109. The minimum Gasteiger partial charge on any atom is -0.434 e. The van der Waals surface area contributed by atoms with Gasteiger partial charge in [-0.25, -0.2) is 9.50 Å². The van der Waals surface area contributed by atoms with Crippen molar-refractivity contribution in [2.75, 3.05) is 19.4 Å². The van der Waals surface area contributed by atoms with Crippen molar-refractivity contribution >= 4 is 23.3 Å². The number of aliphatic hydroxyl groups is 1. The van der Waals surface area contributed by atoms with Gasteiger partial charge in [0.1, 0.15) is 18.0 Å². The largest absolute Gasteiger partial charge is 0.434 e. The number of nitrogens with one attached hydrogen (secondary N) is 1. The molecular formula is C23H23F2N7O3. The highest BCUT2D eigenvalue weighted by molar-refractivity contribution is 5.81. The summed E-state index contributed by atoms with van der Waals surface area (Å²) in [6, 6.07) is 6.25. The fourth-order valence-corrected chi connectivity index (χ4v) is 3.41. The van der Waals surface area contributed by atoms with Crippen molar-refractivity contribution < 1.29 is 23.4 Å². The molecule has 0 fully saturated rings. The van der Waals surface area contributed by atoms with E-state index in [1.54, 1.807) is 50.8 Å². The van der Waals surface area contributed by atoms with E-state index in [4.69, 9.17) is 4.74 Å². The number of carbonyl (C=O) groups is 1. The number of aromatic nitrogens is 5. The van der Waals surface area contributed by atoms with Gasteiger partial charge in [0.2, 0.25) is 5.91 Å². The molecular weight excluding hydrogens is 460 g/mol. The second kappa shape index (κ2) is 9.89. The van der Waals surface area contributed by atoms with Crippen LogP contribution >= 0.6 is 0 Å². The van der Waals surface area contributed by atoms with E-state index in [0.717, 1.165) is 0 Å². The van der Waals surface area contributed by atoms with E-state index in [1.807, 2.05) is 0 Å². The van der Waals surface area contributed by atoms with E-state index < -0.39 is 12.8 Å². The Morgan fingerprint density at radius 2 is 2.17 bits per heavy atom. The molecule has 4 aromatic rings. The molecule has 0 aliphatic carbocycles. The number of nitrogens with zero attached hydrogens (tertiary/aromatic N) is 6. The van der Waals surface area contributed by atoms with E-state index >= 15 is 0 Å². The number of hydrogen-bond donors (Lipinski definition) is 2. The molecule has 35 heavy (non-hydrogen) atoms. The van der Waals surface area contributed by atoms with E-state index in [9.17, 15) is 18.7 Å². The summed E-state index contributed by atoms with van der Waals surface area (Å²) in [4.78, 5) is 17.9. The second-order valence-electron chi connectivity index (χ2n) is 7.75. The van der Waals surface area contributed by atoms with Crippen LogP contribution in [0.2, 0.25) is 0 Å². The first-order valence-corrected chi connectivity index (χ1v) is 10.5. The average Bonchev–Trinajstić information content (AvgIpc) is 3.43. The van der Waals surface area contributed by atoms with Gasteiger partial charge in [-0.2, -0.15) is 19.0 Å². The molecule has 4 rings (SSSR count). The molecule has 0 saturated heterocycles. The lowest BCUT2D eigenvalue weighted by atomic mass is 10.1. The van der Waals surface area contributed by atoms with Crippen molar-refractivity contribution in [3.8, 4) is 17.0 Å². The normalized spacial score (nSPS) is 12.1. The first-order valence-electron chi connectivity index (χ1n) is 10.5. The summed E-state index contributed by atoms with van der Waals surface area (Å²) in [6.07, 6.45) is 6.50. The predicted octanol–water partition coefficient (Wildman–Crippen LogP) is 3.03. The summed E-state index contributed by atoms with van der Waals surface area (Å²) in [7, 11) is 3.21. The van der Waals surface area contributed by atoms with Crippen LogP contribution in [0.3, 0.4) is 0 Å². The SMILES string of the molecule is C=Cc1ccc(OC(F)F)c(-c2nn(CC(=O)N(C)C)cc2NC(O)c2cnn3cccnc23)c1. The van der Waals surface area contributed by atoms with Gasteiger partial charge >= 0.3 is 6.61 Å². The molecule has 1 amide bonds. The maximum atomic E-state index is 13.1. The van der Waals surface area contributed by atoms with Gasteiger partial charge in [-0.1, -0.05) is 18.7 Å². The number of benzene rings is 1. The van der Waals surface area contributed by atoms with Crippen LogP contribution in [0.5, 0.6) is 5.75 Å². The Bertz CT molecular complexity index is 1370. The smallest absolute Gasteiger partial charge is 0.387 e. The molecule has 0 spiro atoms. The second-order valence-corrected chi connectivity index (χ2v) is 7.75. The predicted molar refractivity (Wildman–Crippen MR) is 125 cm³/mol. The molecule has 182 valence electrons. The molecule has 12 heteroatoms. The average molecular weight is 483 g/mol. The molecule has 2 N–H and O–H groups in total. The molecule has 10 nitrogen and oxygen atoms in total. The van der Waals surface area contributed by atoms with Gasteiger partial charge in [-0.05, 0) is 23.8 Å². The van der Waals surface area contributed by atoms with E-state index in [-0.39, 0.29) is 35.1 Å². The number of anilines is 1. The Kier molecular flexibility index (Phi) is 6.73. The molecule has 0 aliphatic rings. The van der Waals surface area contributed by atoms with Crippen LogP contribution < -0.4 is 10.1 Å². The summed E-state index contributed by atoms with van der Waals surface area (Å²) < 4.78 is 33.8. The third-order valence-corrected chi connectivity index (χ3v) is 5.16. The lowest BCUT2D eigenvalue weighted by Crippen LogP contribution is -2.26. The highest BCUT2D eigenvalue weighted by Crippen LogP contribution is 2.37. The summed E-state index contributed by atoms with van der Waals surface area (Å²) in [6.45, 7) is 0.546. The molecule has 3 aromatic heterocycles. The number of halogens is 2. The van der Waals surface area contributed by atoms with Gasteiger partial charge in [0.25, 0.3) is 0 Å². The summed E-state index contributed by atoms with van der Waals surface area (Å²) in [5.41, 5.74) is 2.15. The summed E-state index contributed by atoms with van der Waals surface area (Å²) >= 11 is 0. The lowest BCUT2D eigenvalue weighted by molar-refractivity contribution is -0.129. The molecule has 0 aliphatic heterocycles. The van der Waals surface area contributed by atoms with Crippen molar-refractivity contribution in [2.24, 2.45) is 0 Å². The Balaban J connectivity index is 1.78. The van der Waals surface area contributed by atoms with Crippen molar-refractivity contribution in [1.29, 1.82) is 0 Å². The van der Waals surface area contributed by atoms with Gasteiger partial charge < -0.3 is 20.1 Å². The van der Waals surface area contributed by atoms with Gasteiger partial charge in [0.05, 0.1) is 17.4 Å². The Morgan fingerprint density at radius 1 is 1.37 bits per heavy atom. The Hall–Kier alpha value is -4.32. The zero-order chi connectivity index (χ0) is 25.1. The zero-order valence-electron chi connectivity index (χ0n) is 19.0. The Morgan fingerprint density at radius 3 is 2.89 bits per heavy atom. The maximum Gasteiger partial charge on any atom is 0.387 e. The van der Waals surface area contributed by atoms with Crippen molar-refractivity contribution in [3.05, 3.63) is 66.8 Å². The summed E-state index contributed by atoms with van der Waals surface area (Å²) in [5, 5.41) is 22.5. The standard InChI is InChI=1S/C23H23F2N7O3/c1-4-14-6-7-18(35-23(24)25)15(10-14)20-17(12-31(29-20)13-19(33)30(2)3)28-22(34)16-11-27-32-9-5-8-26-21(16)32/h4-12,22-23,28,34H,1,13H2,2-3H3. The van der Waals surface area contributed by atoms with Gasteiger partial charge in [-0.3, -0.25) is 9.48 Å². The van der Waals surface area contributed by atoms with Crippen LogP contribution in [0.4, 0.5) is 14.5 Å². The van der Waals surface area contributed by atoms with Crippen LogP contribution in [0.15, 0.2) is 55.6 Å². The van der Waals surface area contributed by atoms with Crippen LogP contribution in [0.25, 0.3) is 23.0 Å². The fraction of sp³-hybridized carbons (Fsp3) is 0.217. The van der Waals surface area contributed by atoms with Gasteiger partial charge in [0, 0.05) is 38.2 Å². The number of ether oxygens (including phenoxy) is 1. The third kappa shape index (κ3) is 5.11. The van der Waals surface area contributed by atoms with E-state index in [0.29, 0.717) is 16.8 Å². The van der Waals surface area contributed by atoms with Crippen molar-refractivity contribution in [1.82, 2.24) is 29.3 Å². The fourth-order valence-electron chi connectivity index (χ4n) is 3.41. The highest BCUT2D eigenvalue weighted by Gasteiger charge is 2.23. The van der Waals surface area contributed by atoms with Crippen LogP contribution in [0.1, 0.15) is 17.4 Å². The Labute approximate surface area is 199 Å². The molecule has 1 aromatic carbocycles. The minimum atomic E-state index is -3.06. The van der Waals surface area contributed by atoms with E-state index in [1.165, 1.54) is 32.6 Å². The van der Waals surface area contributed by atoms with E-state index in [2.05, 4.69) is 27.1 Å². The third-order valence-electron chi connectivity index (χ3n) is 5.16. The molecule has 0 bridgehead atoms. The van der Waals surface area contributed by atoms with Gasteiger partial charge in [-0.15, -0.1) is 0 Å². The maximum absolute atomic E-state index is 13.1. The first kappa shape index (κ1) is 23.8. The van der Waals surface area contributed by atoms with Crippen LogP contribution in [-0.4, -0.2) is 61.0 Å². The molecule has 0 saturated carbocycles. The number of hydrogen-bond acceptors (Lipinski definition) is 7. The number of alkyl halides is 2. The number of fused-ring (bicyclic) bond motifs is 1. The van der Waals surface area contributed by atoms with Crippen LogP contribution in [-0.2, 0) is 11.3 Å². The quantitative estimate of drug-likeness (QED) is 0.352. The number of likely N-dealkylation sites (N-methyl/N-ethyl adjacent to an activating group) is 1. The summed E-state index contributed by atoms with van der Waals surface area (Å²) in [5.74, 6) is -0.355. The van der Waals surface area contributed by atoms with Crippen molar-refractivity contribution in [2.45, 2.75) is 19.4 Å². The zero-order valence-corrected chi connectivity index (χ0v) is 19.0. The topological polar surface area (TPSA) is 110 Å². The van der Waals surface area contributed by atoms with Crippen molar-refractivity contribution in [3.63, 3.8) is 0 Å². The number of carbonyl (C=O) groups excluding carboxylic acids is 1. The molecule has 0 radical (unpaired) electrons. The number of amides is 1. The van der Waals surface area contributed by atoms with Crippen LogP contribution in [0, 0.1) is 0 Å². The molecule has 1 atom stereocenters. The number of aliphatic hydroxyl groups excluding tert-OH is 1. The molecule has 1 unspecified atom stereocenters.